The molecule has 18 heavy (non-hydrogen) atoms. The van der Waals surface area contributed by atoms with Gasteiger partial charge in [-0.05, 0) is 12.1 Å². The summed E-state index contributed by atoms with van der Waals surface area (Å²) in [5.74, 6) is 1.45. The minimum absolute atomic E-state index is 0.365. The molecule has 2 aliphatic heterocycles. The maximum atomic E-state index is 9.38. The number of fused-ring (bicyclic) bond motifs is 1. The van der Waals surface area contributed by atoms with Gasteiger partial charge in [-0.25, -0.2) is 0 Å². The molecule has 3 rings (SSSR count). The van der Waals surface area contributed by atoms with Crippen molar-refractivity contribution in [2.75, 3.05) is 37.7 Å². The van der Waals surface area contributed by atoms with Gasteiger partial charge in [0.05, 0.1) is 5.69 Å². The first-order valence-electron chi connectivity index (χ1n) is 6.11. The van der Waals surface area contributed by atoms with Crippen molar-refractivity contribution in [3.05, 3.63) is 18.2 Å². The molecule has 0 bridgehead atoms. The monoisotopic (exact) mass is 251 g/mol. The molecule has 1 saturated heterocycles. The highest BCUT2D eigenvalue weighted by molar-refractivity contribution is 5.65. The molecule has 6 nitrogen and oxygen atoms in total. The van der Waals surface area contributed by atoms with Crippen molar-refractivity contribution in [1.82, 2.24) is 5.06 Å². The minimum Gasteiger partial charge on any atom is -0.482 e. The summed E-state index contributed by atoms with van der Waals surface area (Å²) in [4.78, 5) is 2.19. The van der Waals surface area contributed by atoms with Gasteiger partial charge in [0.15, 0.2) is 17.7 Å². The van der Waals surface area contributed by atoms with Crippen molar-refractivity contribution < 1.29 is 14.7 Å². The molecule has 2 aliphatic rings. The van der Waals surface area contributed by atoms with Crippen LogP contribution in [0.5, 0.6) is 11.5 Å². The van der Waals surface area contributed by atoms with Crippen LogP contribution in [0.25, 0.3) is 0 Å². The average molecular weight is 251 g/mol. The predicted molar refractivity (Wildman–Crippen MR) is 66.1 cm³/mol. The Morgan fingerprint density at radius 2 is 2.00 bits per heavy atom. The van der Waals surface area contributed by atoms with E-state index in [1.165, 1.54) is 5.06 Å². The fraction of sp³-hybridized carbons (Fsp3) is 0.500. The van der Waals surface area contributed by atoms with Crippen LogP contribution in [0.4, 0.5) is 5.69 Å². The molecule has 1 unspecified atom stereocenters. The molecule has 98 valence electrons. The molecular formula is C12H17N3O3. The van der Waals surface area contributed by atoms with E-state index in [2.05, 4.69) is 4.90 Å². The van der Waals surface area contributed by atoms with Crippen molar-refractivity contribution in [3.8, 4) is 11.5 Å². The Labute approximate surface area is 105 Å². The highest BCUT2D eigenvalue weighted by Crippen LogP contribution is 2.40. The summed E-state index contributed by atoms with van der Waals surface area (Å²) >= 11 is 0. The largest absolute Gasteiger partial charge is 0.482 e. The standard InChI is InChI=1S/C12H17N3O3/c13-11-8-17-12-9(2-1-3-10(12)18-11)14-4-6-15(16)7-5-14/h1-3,11,16H,4-8,13H2. The fourth-order valence-corrected chi connectivity index (χ4v) is 2.29. The predicted octanol–water partition coefficient (Wildman–Crippen LogP) is 0.254. The van der Waals surface area contributed by atoms with Crippen LogP contribution < -0.4 is 20.1 Å². The first kappa shape index (κ1) is 11.6. The molecule has 1 fully saturated rings. The highest BCUT2D eigenvalue weighted by atomic mass is 16.6. The molecule has 0 spiro atoms. The van der Waals surface area contributed by atoms with E-state index in [0.717, 1.165) is 24.5 Å². The van der Waals surface area contributed by atoms with Crippen molar-refractivity contribution >= 4 is 5.69 Å². The highest BCUT2D eigenvalue weighted by Gasteiger charge is 2.25. The van der Waals surface area contributed by atoms with Gasteiger partial charge in [-0.3, -0.25) is 5.73 Å². The quantitative estimate of drug-likeness (QED) is 0.745. The molecule has 6 heteroatoms. The van der Waals surface area contributed by atoms with E-state index in [4.69, 9.17) is 15.2 Å². The number of nitrogens with zero attached hydrogens (tertiary/aromatic N) is 2. The molecule has 0 aromatic heterocycles. The molecule has 0 aliphatic carbocycles. The number of hydroxylamine groups is 2. The lowest BCUT2D eigenvalue weighted by Crippen LogP contribution is -2.45. The number of ether oxygens (including phenoxy) is 2. The van der Waals surface area contributed by atoms with E-state index >= 15 is 0 Å². The lowest BCUT2D eigenvalue weighted by Gasteiger charge is -2.35. The van der Waals surface area contributed by atoms with Crippen LogP contribution >= 0.6 is 0 Å². The Morgan fingerprint density at radius 3 is 2.78 bits per heavy atom. The van der Waals surface area contributed by atoms with E-state index in [-0.39, 0.29) is 0 Å². The summed E-state index contributed by atoms with van der Waals surface area (Å²) in [6.45, 7) is 3.16. The van der Waals surface area contributed by atoms with Gasteiger partial charge in [0.2, 0.25) is 0 Å². The zero-order chi connectivity index (χ0) is 12.5. The zero-order valence-electron chi connectivity index (χ0n) is 10.1. The normalized spacial score (nSPS) is 24.1. The average Bonchev–Trinajstić information content (AvgIpc) is 2.38. The van der Waals surface area contributed by atoms with Crippen LogP contribution in [-0.2, 0) is 0 Å². The molecular weight excluding hydrogens is 234 g/mol. The number of para-hydroxylation sites is 1. The summed E-state index contributed by atoms with van der Waals surface area (Å²) in [6, 6.07) is 5.80. The van der Waals surface area contributed by atoms with E-state index < -0.39 is 6.23 Å². The van der Waals surface area contributed by atoms with Crippen LogP contribution in [0.2, 0.25) is 0 Å². The molecule has 0 radical (unpaired) electrons. The van der Waals surface area contributed by atoms with Gasteiger partial charge >= 0.3 is 0 Å². The van der Waals surface area contributed by atoms with Crippen molar-refractivity contribution in [2.45, 2.75) is 6.23 Å². The van der Waals surface area contributed by atoms with Gasteiger partial charge in [0.1, 0.15) is 6.61 Å². The van der Waals surface area contributed by atoms with Gasteiger partial charge in [0.25, 0.3) is 0 Å². The maximum Gasteiger partial charge on any atom is 0.184 e. The Bertz CT molecular complexity index is 433. The van der Waals surface area contributed by atoms with Crippen LogP contribution in [-0.4, -0.2) is 49.3 Å². The van der Waals surface area contributed by atoms with Crippen molar-refractivity contribution in [2.24, 2.45) is 5.73 Å². The molecule has 0 saturated carbocycles. The third kappa shape index (κ3) is 2.10. The number of nitrogens with two attached hydrogens (primary N) is 1. The second-order valence-corrected chi connectivity index (χ2v) is 4.51. The van der Waals surface area contributed by atoms with Gasteiger partial charge in [-0.1, -0.05) is 6.07 Å². The summed E-state index contributed by atoms with van der Waals surface area (Å²) in [5, 5.41) is 10.7. The van der Waals surface area contributed by atoms with Crippen molar-refractivity contribution in [1.29, 1.82) is 0 Å². The summed E-state index contributed by atoms with van der Waals surface area (Å²) in [6.07, 6.45) is -0.401. The summed E-state index contributed by atoms with van der Waals surface area (Å²) < 4.78 is 11.2. The SMILES string of the molecule is NC1COc2c(cccc2N2CCN(O)CC2)O1. The number of anilines is 1. The Kier molecular flexibility index (Phi) is 2.99. The van der Waals surface area contributed by atoms with Crippen LogP contribution in [0, 0.1) is 0 Å². The lowest BCUT2D eigenvalue weighted by atomic mass is 10.2. The second-order valence-electron chi connectivity index (χ2n) is 4.51. The molecule has 0 amide bonds. The van der Waals surface area contributed by atoms with Gasteiger partial charge in [-0.15, -0.1) is 0 Å². The molecule has 1 aromatic carbocycles. The third-order valence-corrected chi connectivity index (χ3v) is 3.23. The summed E-state index contributed by atoms with van der Waals surface area (Å²) in [7, 11) is 0. The van der Waals surface area contributed by atoms with Gasteiger partial charge in [0, 0.05) is 26.2 Å². The van der Waals surface area contributed by atoms with Gasteiger partial charge < -0.3 is 19.6 Å². The summed E-state index contributed by atoms with van der Waals surface area (Å²) in [5.41, 5.74) is 6.70. The number of hydrogen-bond donors (Lipinski definition) is 2. The number of piperazine rings is 1. The fourth-order valence-electron chi connectivity index (χ4n) is 2.29. The molecule has 3 N–H and O–H groups in total. The number of hydrogen-bond acceptors (Lipinski definition) is 6. The van der Waals surface area contributed by atoms with E-state index in [1.807, 2.05) is 18.2 Å². The van der Waals surface area contributed by atoms with Crippen LogP contribution in [0.1, 0.15) is 0 Å². The van der Waals surface area contributed by atoms with E-state index in [9.17, 15) is 5.21 Å². The Hall–Kier alpha value is -1.50. The van der Waals surface area contributed by atoms with E-state index in [0.29, 0.717) is 25.4 Å². The third-order valence-electron chi connectivity index (χ3n) is 3.23. The maximum absolute atomic E-state index is 9.38. The topological polar surface area (TPSA) is 71.2 Å². The molecule has 2 heterocycles. The number of rotatable bonds is 1. The zero-order valence-corrected chi connectivity index (χ0v) is 10.1. The van der Waals surface area contributed by atoms with Gasteiger partial charge in [-0.2, -0.15) is 5.06 Å². The lowest BCUT2D eigenvalue weighted by molar-refractivity contribution is -0.0936. The van der Waals surface area contributed by atoms with Crippen LogP contribution in [0.3, 0.4) is 0 Å². The Morgan fingerprint density at radius 1 is 1.22 bits per heavy atom. The smallest absolute Gasteiger partial charge is 0.184 e. The minimum atomic E-state index is -0.401. The first-order chi connectivity index (χ1) is 8.74. The second kappa shape index (κ2) is 4.64. The van der Waals surface area contributed by atoms with Crippen LogP contribution in [0.15, 0.2) is 18.2 Å². The van der Waals surface area contributed by atoms with E-state index in [1.54, 1.807) is 0 Å². The van der Waals surface area contributed by atoms with Crippen molar-refractivity contribution in [3.63, 3.8) is 0 Å². The number of benzene rings is 1. The molecule has 1 aromatic rings. The first-order valence-corrected chi connectivity index (χ1v) is 6.11. The Balaban J connectivity index is 1.86. The molecule has 1 atom stereocenters.